The number of aromatic nitrogens is 3. The Hall–Kier alpha value is -4.13. The third-order valence-corrected chi connectivity index (χ3v) is 5.45. The molecular weight excluding hydrogens is 394 g/mol. The quantitative estimate of drug-likeness (QED) is 0.421. The lowest BCUT2D eigenvalue weighted by Gasteiger charge is -2.16. The summed E-state index contributed by atoms with van der Waals surface area (Å²) >= 11 is 0. The number of hydrogen-bond acceptors (Lipinski definition) is 5. The van der Waals surface area contributed by atoms with Crippen LogP contribution in [0.5, 0.6) is 5.75 Å². The van der Waals surface area contributed by atoms with E-state index < -0.39 is 5.56 Å². The van der Waals surface area contributed by atoms with Crippen molar-refractivity contribution in [1.29, 1.82) is 0 Å². The summed E-state index contributed by atoms with van der Waals surface area (Å²) in [5.74, 6) is 1.74. The number of aryl methyl sites for hydroxylation is 1. The molecule has 0 amide bonds. The van der Waals surface area contributed by atoms with Crippen molar-refractivity contribution < 1.29 is 9.15 Å². The molecule has 0 saturated heterocycles. The number of ether oxygens (including phenoxy) is 1. The first-order chi connectivity index (χ1) is 15.1. The van der Waals surface area contributed by atoms with Gasteiger partial charge in [-0.3, -0.25) is 14.2 Å². The molecule has 0 aliphatic rings. The molecule has 3 heterocycles. The molecule has 0 unspecified atom stereocenters. The van der Waals surface area contributed by atoms with Gasteiger partial charge in [0.05, 0.1) is 25.4 Å². The van der Waals surface area contributed by atoms with E-state index in [9.17, 15) is 9.59 Å². The van der Waals surface area contributed by atoms with E-state index in [1.54, 1.807) is 42.2 Å². The van der Waals surface area contributed by atoms with Crippen molar-refractivity contribution in [2.45, 2.75) is 6.54 Å². The van der Waals surface area contributed by atoms with Crippen molar-refractivity contribution in [2.24, 2.45) is 7.05 Å². The van der Waals surface area contributed by atoms with Gasteiger partial charge in [-0.25, -0.2) is 4.98 Å². The molecule has 0 aliphatic heterocycles. The zero-order chi connectivity index (χ0) is 21.5. The van der Waals surface area contributed by atoms with E-state index in [2.05, 4.69) is 0 Å². The van der Waals surface area contributed by atoms with Crippen molar-refractivity contribution >= 4 is 21.9 Å². The van der Waals surface area contributed by atoms with Crippen molar-refractivity contribution in [3.05, 3.63) is 93.3 Å². The molecule has 0 atom stereocenters. The lowest BCUT2D eigenvalue weighted by atomic mass is 10.1. The first-order valence-corrected chi connectivity index (χ1v) is 9.77. The minimum Gasteiger partial charge on any atom is -0.497 e. The maximum Gasteiger partial charge on any atom is 0.267 e. The Balaban J connectivity index is 1.89. The van der Waals surface area contributed by atoms with Gasteiger partial charge in [-0.15, -0.1) is 0 Å². The van der Waals surface area contributed by atoms with Crippen LogP contribution in [0.15, 0.2) is 80.9 Å². The van der Waals surface area contributed by atoms with Crippen LogP contribution in [-0.2, 0) is 13.6 Å². The monoisotopic (exact) mass is 413 g/mol. The van der Waals surface area contributed by atoms with Gasteiger partial charge in [0.1, 0.15) is 22.7 Å². The predicted molar refractivity (Wildman–Crippen MR) is 119 cm³/mol. The van der Waals surface area contributed by atoms with Crippen molar-refractivity contribution in [3.8, 4) is 17.1 Å². The van der Waals surface area contributed by atoms with Crippen LogP contribution in [-0.4, -0.2) is 21.2 Å². The Labute approximate surface area is 176 Å². The van der Waals surface area contributed by atoms with Gasteiger partial charge in [-0.2, -0.15) is 0 Å². The second-order valence-electron chi connectivity index (χ2n) is 7.24. The number of pyridine rings is 1. The highest BCUT2D eigenvalue weighted by Gasteiger charge is 2.19. The Bertz CT molecular complexity index is 1530. The highest BCUT2D eigenvalue weighted by Crippen LogP contribution is 2.23. The molecule has 154 valence electrons. The van der Waals surface area contributed by atoms with Gasteiger partial charge in [-0.05, 0) is 48.5 Å². The zero-order valence-electron chi connectivity index (χ0n) is 17.0. The zero-order valence-corrected chi connectivity index (χ0v) is 17.0. The lowest BCUT2D eigenvalue weighted by Crippen LogP contribution is -2.29. The number of benzene rings is 2. The van der Waals surface area contributed by atoms with E-state index in [0.29, 0.717) is 28.4 Å². The largest absolute Gasteiger partial charge is 0.497 e. The van der Waals surface area contributed by atoms with Crippen LogP contribution in [0, 0.1) is 0 Å². The summed E-state index contributed by atoms with van der Waals surface area (Å²) in [5, 5.41) is 0.545. The molecule has 5 rings (SSSR count). The SMILES string of the molecule is COc1ccc(-c2nc3c(c(=O)c4ccccc4n3C)c(=O)n2Cc2ccco2)cc1. The Morgan fingerprint density at radius 3 is 2.48 bits per heavy atom. The summed E-state index contributed by atoms with van der Waals surface area (Å²) in [4.78, 5) is 31.7. The Morgan fingerprint density at radius 2 is 1.77 bits per heavy atom. The maximum atomic E-state index is 13.6. The predicted octanol–water partition coefficient (Wildman–Crippen LogP) is 3.57. The van der Waals surface area contributed by atoms with Gasteiger partial charge in [0.2, 0.25) is 5.43 Å². The normalized spacial score (nSPS) is 11.3. The molecule has 0 fully saturated rings. The third-order valence-electron chi connectivity index (χ3n) is 5.45. The third kappa shape index (κ3) is 3.02. The van der Waals surface area contributed by atoms with Crippen LogP contribution < -0.4 is 15.7 Å². The van der Waals surface area contributed by atoms with E-state index in [0.717, 1.165) is 11.1 Å². The van der Waals surface area contributed by atoms with Gasteiger partial charge in [0, 0.05) is 18.0 Å². The molecule has 7 heteroatoms. The summed E-state index contributed by atoms with van der Waals surface area (Å²) in [6, 6.07) is 18.1. The van der Waals surface area contributed by atoms with Gasteiger partial charge in [0.25, 0.3) is 5.56 Å². The fourth-order valence-corrected chi connectivity index (χ4v) is 3.86. The Kier molecular flexibility index (Phi) is 4.43. The van der Waals surface area contributed by atoms with Gasteiger partial charge in [0.15, 0.2) is 5.65 Å². The second-order valence-corrected chi connectivity index (χ2v) is 7.24. The van der Waals surface area contributed by atoms with Gasteiger partial charge in [-0.1, -0.05) is 12.1 Å². The van der Waals surface area contributed by atoms with Crippen molar-refractivity contribution in [2.75, 3.05) is 7.11 Å². The Morgan fingerprint density at radius 1 is 1.00 bits per heavy atom. The van der Waals surface area contributed by atoms with E-state index in [1.807, 2.05) is 43.4 Å². The smallest absolute Gasteiger partial charge is 0.267 e. The molecule has 0 bridgehead atoms. The highest BCUT2D eigenvalue weighted by molar-refractivity contribution is 5.91. The summed E-state index contributed by atoms with van der Waals surface area (Å²) < 4.78 is 14.0. The van der Waals surface area contributed by atoms with Crippen LogP contribution in [0.3, 0.4) is 0 Å². The number of rotatable bonds is 4. The molecule has 0 aliphatic carbocycles. The standard InChI is InChI=1S/C24H19N3O4/c1-26-19-8-4-3-7-18(19)21(28)20-23(26)25-22(15-9-11-16(30-2)12-10-15)27(24(20)29)14-17-6-5-13-31-17/h3-13H,14H2,1-2H3. The fourth-order valence-electron chi connectivity index (χ4n) is 3.86. The number of furan rings is 1. The van der Waals surface area contributed by atoms with E-state index in [-0.39, 0.29) is 17.4 Å². The van der Waals surface area contributed by atoms with E-state index in [1.165, 1.54) is 4.57 Å². The fraction of sp³-hybridized carbons (Fsp3) is 0.125. The summed E-state index contributed by atoms with van der Waals surface area (Å²) in [6.45, 7) is 0.159. The average Bonchev–Trinajstić information content (AvgIpc) is 3.32. The van der Waals surface area contributed by atoms with Crippen LogP contribution in [0.25, 0.3) is 33.3 Å². The van der Waals surface area contributed by atoms with Crippen LogP contribution in [0.2, 0.25) is 0 Å². The first-order valence-electron chi connectivity index (χ1n) is 9.77. The van der Waals surface area contributed by atoms with E-state index in [4.69, 9.17) is 14.1 Å². The van der Waals surface area contributed by atoms with Crippen molar-refractivity contribution in [1.82, 2.24) is 14.1 Å². The summed E-state index contributed by atoms with van der Waals surface area (Å²) in [5.41, 5.74) is 1.06. The average molecular weight is 413 g/mol. The van der Waals surface area contributed by atoms with E-state index >= 15 is 0 Å². The number of hydrogen-bond donors (Lipinski definition) is 0. The van der Waals surface area contributed by atoms with Gasteiger partial charge >= 0.3 is 0 Å². The minimum atomic E-state index is -0.404. The molecule has 31 heavy (non-hydrogen) atoms. The summed E-state index contributed by atoms with van der Waals surface area (Å²) in [7, 11) is 3.40. The molecule has 0 N–H and O–H groups in total. The van der Waals surface area contributed by atoms with Crippen LogP contribution in [0.4, 0.5) is 0 Å². The van der Waals surface area contributed by atoms with Crippen molar-refractivity contribution in [3.63, 3.8) is 0 Å². The maximum absolute atomic E-state index is 13.6. The minimum absolute atomic E-state index is 0.0602. The van der Waals surface area contributed by atoms with Crippen LogP contribution in [0.1, 0.15) is 5.76 Å². The molecule has 0 spiro atoms. The molecule has 2 aromatic carbocycles. The molecule has 0 saturated carbocycles. The molecule has 5 aromatic rings. The molecule has 7 nitrogen and oxygen atoms in total. The molecule has 3 aromatic heterocycles. The van der Waals surface area contributed by atoms with Crippen LogP contribution >= 0.6 is 0 Å². The molecular formula is C24H19N3O4. The highest BCUT2D eigenvalue weighted by atomic mass is 16.5. The summed E-state index contributed by atoms with van der Waals surface area (Å²) in [6.07, 6.45) is 1.55. The number of fused-ring (bicyclic) bond motifs is 2. The lowest BCUT2D eigenvalue weighted by molar-refractivity contribution is 0.415. The number of methoxy groups -OCH3 is 1. The second kappa shape index (κ2) is 7.28. The van der Waals surface area contributed by atoms with Gasteiger partial charge < -0.3 is 13.7 Å². The topological polar surface area (TPSA) is 79.3 Å². The number of nitrogens with zero attached hydrogens (tertiary/aromatic N) is 3. The first kappa shape index (κ1) is 18.9. The number of para-hydroxylation sites is 1. The molecule has 0 radical (unpaired) electrons.